The van der Waals surface area contributed by atoms with Crippen molar-refractivity contribution < 1.29 is 4.79 Å². The Morgan fingerprint density at radius 1 is 1.29 bits per heavy atom. The van der Waals surface area contributed by atoms with Crippen LogP contribution < -0.4 is 0 Å². The van der Waals surface area contributed by atoms with E-state index in [1.54, 1.807) is 15.6 Å². The summed E-state index contributed by atoms with van der Waals surface area (Å²) in [5, 5.41) is 8.32. The van der Waals surface area contributed by atoms with Gasteiger partial charge < -0.3 is 4.90 Å². The van der Waals surface area contributed by atoms with Gasteiger partial charge in [-0.1, -0.05) is 0 Å². The van der Waals surface area contributed by atoms with Gasteiger partial charge >= 0.3 is 0 Å². The van der Waals surface area contributed by atoms with Gasteiger partial charge in [0.05, 0.1) is 6.54 Å². The molecule has 0 radical (unpaired) electrons. The number of aromatic nitrogens is 6. The first-order chi connectivity index (χ1) is 11.6. The van der Waals surface area contributed by atoms with Crippen LogP contribution in [0.15, 0.2) is 24.8 Å². The second-order valence-corrected chi connectivity index (χ2v) is 5.82. The minimum Gasteiger partial charge on any atom is -0.344 e. The van der Waals surface area contributed by atoms with Gasteiger partial charge in [0.2, 0.25) is 5.91 Å². The van der Waals surface area contributed by atoms with Gasteiger partial charge in [0.25, 0.3) is 5.78 Å². The lowest BCUT2D eigenvalue weighted by Crippen LogP contribution is -2.30. The van der Waals surface area contributed by atoms with E-state index in [0.29, 0.717) is 31.7 Å². The highest BCUT2D eigenvalue weighted by molar-refractivity contribution is 5.76. The Morgan fingerprint density at radius 3 is 2.88 bits per heavy atom. The lowest BCUT2D eigenvalue weighted by atomic mass is 10.1. The number of hydrogen-bond acceptors (Lipinski definition) is 5. The van der Waals surface area contributed by atoms with Crippen molar-refractivity contribution in [1.82, 2.24) is 34.3 Å². The Kier molecular flexibility index (Phi) is 4.54. The van der Waals surface area contributed by atoms with Crippen LogP contribution in [0.25, 0.3) is 5.78 Å². The number of aryl methyl sites for hydroxylation is 2. The predicted molar refractivity (Wildman–Crippen MR) is 88.4 cm³/mol. The maximum Gasteiger partial charge on any atom is 0.252 e. The molecule has 1 amide bonds. The van der Waals surface area contributed by atoms with E-state index in [1.165, 1.54) is 6.33 Å². The van der Waals surface area contributed by atoms with Gasteiger partial charge in [0.1, 0.15) is 6.33 Å². The fourth-order valence-electron chi connectivity index (χ4n) is 2.75. The molecule has 8 heteroatoms. The first-order valence-electron chi connectivity index (χ1n) is 7.93. The minimum absolute atomic E-state index is 0.111. The van der Waals surface area contributed by atoms with Gasteiger partial charge in [-0.05, 0) is 31.9 Å². The van der Waals surface area contributed by atoms with Crippen LogP contribution in [0.5, 0.6) is 0 Å². The lowest BCUT2D eigenvalue weighted by Gasteiger charge is -2.18. The second kappa shape index (κ2) is 6.77. The topological polar surface area (TPSA) is 81.2 Å². The molecule has 3 rings (SSSR count). The van der Waals surface area contributed by atoms with Crippen molar-refractivity contribution in [2.24, 2.45) is 0 Å². The molecule has 0 saturated carbocycles. The van der Waals surface area contributed by atoms with E-state index >= 15 is 0 Å². The summed E-state index contributed by atoms with van der Waals surface area (Å²) in [5.74, 6) is 0.705. The Hall–Kier alpha value is -2.77. The average molecular weight is 327 g/mol. The maximum atomic E-state index is 12.4. The van der Waals surface area contributed by atoms with Crippen molar-refractivity contribution in [2.45, 2.75) is 33.2 Å². The normalized spacial score (nSPS) is 11.1. The number of rotatable bonds is 6. The average Bonchev–Trinajstić information content (AvgIpc) is 3.23. The van der Waals surface area contributed by atoms with Crippen LogP contribution >= 0.6 is 0 Å². The number of likely N-dealkylation sites (N-methyl/N-ethyl adjacent to an activating group) is 1. The van der Waals surface area contributed by atoms with Crippen molar-refractivity contribution >= 4 is 11.7 Å². The number of carbonyl (C=O) groups excluding carboxylic acids is 1. The van der Waals surface area contributed by atoms with E-state index in [-0.39, 0.29) is 5.91 Å². The smallest absolute Gasteiger partial charge is 0.252 e. The molecule has 0 aliphatic carbocycles. The standard InChI is InChI=1S/C16H21N7O/c1-12-14(13(2)23-16(20-12)17-11-19-23)5-6-15(24)21(3)9-10-22-8-4-7-18-22/h4,7-8,11H,5-6,9-10H2,1-3H3. The molecule has 0 aliphatic heterocycles. The summed E-state index contributed by atoms with van der Waals surface area (Å²) < 4.78 is 3.54. The van der Waals surface area contributed by atoms with E-state index in [9.17, 15) is 4.79 Å². The molecule has 0 aromatic carbocycles. The third-order valence-corrected chi connectivity index (χ3v) is 4.23. The molecule has 0 N–H and O–H groups in total. The quantitative estimate of drug-likeness (QED) is 0.675. The molecular weight excluding hydrogens is 306 g/mol. The fraction of sp³-hybridized carbons (Fsp3) is 0.438. The predicted octanol–water partition coefficient (Wildman–Crippen LogP) is 1.03. The van der Waals surface area contributed by atoms with E-state index in [0.717, 1.165) is 17.0 Å². The van der Waals surface area contributed by atoms with Crippen LogP contribution in [0.4, 0.5) is 0 Å². The minimum atomic E-state index is 0.111. The van der Waals surface area contributed by atoms with E-state index in [4.69, 9.17) is 0 Å². The highest BCUT2D eigenvalue weighted by atomic mass is 16.2. The maximum absolute atomic E-state index is 12.4. The zero-order valence-corrected chi connectivity index (χ0v) is 14.2. The van der Waals surface area contributed by atoms with Crippen molar-refractivity contribution in [1.29, 1.82) is 0 Å². The van der Waals surface area contributed by atoms with Crippen LogP contribution in [0, 0.1) is 13.8 Å². The molecule has 0 saturated heterocycles. The molecule has 0 spiro atoms. The number of nitrogens with zero attached hydrogens (tertiary/aromatic N) is 7. The SMILES string of the molecule is Cc1nc2ncnn2c(C)c1CCC(=O)N(C)CCn1cccn1. The van der Waals surface area contributed by atoms with Crippen molar-refractivity contribution in [3.05, 3.63) is 41.7 Å². The number of hydrogen-bond donors (Lipinski definition) is 0. The van der Waals surface area contributed by atoms with Gasteiger partial charge in [-0.15, -0.1) is 0 Å². The third-order valence-electron chi connectivity index (χ3n) is 4.23. The Morgan fingerprint density at radius 2 is 2.12 bits per heavy atom. The van der Waals surface area contributed by atoms with Crippen LogP contribution in [0.3, 0.4) is 0 Å². The molecule has 3 heterocycles. The van der Waals surface area contributed by atoms with E-state index in [1.807, 2.05) is 37.8 Å². The molecule has 0 fully saturated rings. The second-order valence-electron chi connectivity index (χ2n) is 5.82. The summed E-state index contributed by atoms with van der Waals surface area (Å²) in [7, 11) is 1.82. The van der Waals surface area contributed by atoms with Gasteiger partial charge in [0.15, 0.2) is 0 Å². The van der Waals surface area contributed by atoms with Crippen LogP contribution in [-0.4, -0.2) is 53.8 Å². The van der Waals surface area contributed by atoms with Gasteiger partial charge in [-0.2, -0.15) is 15.2 Å². The third kappa shape index (κ3) is 3.27. The van der Waals surface area contributed by atoms with Gasteiger partial charge in [-0.3, -0.25) is 9.48 Å². The van der Waals surface area contributed by atoms with Crippen molar-refractivity contribution in [2.75, 3.05) is 13.6 Å². The van der Waals surface area contributed by atoms with Crippen LogP contribution in [0.2, 0.25) is 0 Å². The number of carbonyl (C=O) groups is 1. The summed E-state index contributed by atoms with van der Waals surface area (Å²) in [5.41, 5.74) is 2.95. The molecular formula is C16H21N7O. The first kappa shape index (κ1) is 16.1. The fourth-order valence-corrected chi connectivity index (χ4v) is 2.75. The molecule has 8 nitrogen and oxygen atoms in total. The molecule has 3 aromatic heterocycles. The number of amides is 1. The molecule has 0 aliphatic rings. The zero-order chi connectivity index (χ0) is 17.1. The highest BCUT2D eigenvalue weighted by Gasteiger charge is 2.14. The molecule has 126 valence electrons. The zero-order valence-electron chi connectivity index (χ0n) is 14.2. The summed E-state index contributed by atoms with van der Waals surface area (Å²) >= 11 is 0. The summed E-state index contributed by atoms with van der Waals surface area (Å²) in [6, 6.07) is 1.88. The Balaban J connectivity index is 1.61. The van der Waals surface area contributed by atoms with Crippen molar-refractivity contribution in [3.8, 4) is 0 Å². The highest BCUT2D eigenvalue weighted by Crippen LogP contribution is 2.15. The van der Waals surface area contributed by atoms with Gasteiger partial charge in [0, 0.05) is 43.8 Å². The summed E-state index contributed by atoms with van der Waals surface area (Å²) in [6.07, 6.45) is 6.21. The summed E-state index contributed by atoms with van der Waals surface area (Å²) in [6.45, 7) is 5.26. The molecule has 0 bridgehead atoms. The van der Waals surface area contributed by atoms with Crippen LogP contribution in [0.1, 0.15) is 23.4 Å². The molecule has 3 aromatic rings. The Labute approximate surface area is 140 Å². The van der Waals surface area contributed by atoms with Crippen molar-refractivity contribution in [3.63, 3.8) is 0 Å². The molecule has 0 atom stereocenters. The summed E-state index contributed by atoms with van der Waals surface area (Å²) in [4.78, 5) is 22.7. The van der Waals surface area contributed by atoms with Gasteiger partial charge in [-0.25, -0.2) is 9.50 Å². The first-order valence-corrected chi connectivity index (χ1v) is 7.93. The van der Waals surface area contributed by atoms with E-state index < -0.39 is 0 Å². The lowest BCUT2D eigenvalue weighted by molar-refractivity contribution is -0.130. The Bertz CT molecular complexity index is 838. The van der Waals surface area contributed by atoms with E-state index in [2.05, 4.69) is 20.2 Å². The molecule has 0 unspecified atom stereocenters. The number of fused-ring (bicyclic) bond motifs is 1. The van der Waals surface area contributed by atoms with Crippen LogP contribution in [-0.2, 0) is 17.8 Å². The largest absolute Gasteiger partial charge is 0.344 e. The monoisotopic (exact) mass is 327 g/mol. The molecule has 24 heavy (non-hydrogen) atoms.